The van der Waals surface area contributed by atoms with Crippen LogP contribution in [0.15, 0.2) is 224 Å². The molecule has 0 N–H and O–H groups in total. The summed E-state index contributed by atoms with van der Waals surface area (Å²) in [6.45, 7) is 0. The van der Waals surface area contributed by atoms with Crippen LogP contribution in [0.2, 0.25) is 0 Å². The number of thiophene rings is 2. The number of hydrogen-bond donors (Lipinski definition) is 0. The first kappa shape index (κ1) is 38.9. The Hall–Kier alpha value is -8.35. The average Bonchev–Trinajstić information content (AvgIpc) is 4.00. The van der Waals surface area contributed by atoms with E-state index in [4.69, 9.17) is 15.0 Å². The number of hydrogen-bond acceptors (Lipinski definition) is 5. The molecular formula is C63H37N3S2. The molecule has 11 aromatic carbocycles. The summed E-state index contributed by atoms with van der Waals surface area (Å²) < 4.78 is 5.00. The van der Waals surface area contributed by atoms with Crippen molar-refractivity contribution >= 4 is 95.3 Å². The number of rotatable bonds is 6. The summed E-state index contributed by atoms with van der Waals surface area (Å²) in [5, 5.41) is 12.7. The zero-order valence-corrected chi connectivity index (χ0v) is 38.2. The van der Waals surface area contributed by atoms with Gasteiger partial charge in [0.15, 0.2) is 17.5 Å². The van der Waals surface area contributed by atoms with Gasteiger partial charge >= 0.3 is 0 Å². The van der Waals surface area contributed by atoms with Gasteiger partial charge in [0.2, 0.25) is 0 Å². The van der Waals surface area contributed by atoms with Gasteiger partial charge in [0.1, 0.15) is 0 Å². The van der Waals surface area contributed by atoms with Crippen LogP contribution in [0.4, 0.5) is 0 Å². The molecule has 0 aliphatic rings. The minimum absolute atomic E-state index is 0.657. The Bertz CT molecular complexity index is 4230. The van der Waals surface area contributed by atoms with Gasteiger partial charge in [0.05, 0.1) is 0 Å². The van der Waals surface area contributed by atoms with E-state index in [1.54, 1.807) is 0 Å². The Kier molecular flexibility index (Phi) is 8.94. The maximum Gasteiger partial charge on any atom is 0.165 e. The van der Waals surface area contributed by atoms with E-state index in [9.17, 15) is 0 Å². The maximum atomic E-state index is 5.14. The normalized spacial score (nSPS) is 11.8. The van der Waals surface area contributed by atoms with E-state index in [0.29, 0.717) is 17.5 Å². The Morgan fingerprint density at radius 3 is 1.28 bits per heavy atom. The molecule has 14 aromatic rings. The summed E-state index contributed by atoms with van der Waals surface area (Å²) in [4.78, 5) is 15.2. The van der Waals surface area contributed by atoms with Crippen molar-refractivity contribution in [1.29, 1.82) is 0 Å². The molecule has 68 heavy (non-hydrogen) atoms. The Balaban J connectivity index is 0.893. The number of fused-ring (bicyclic) bond motifs is 12. The monoisotopic (exact) mass is 899 g/mol. The van der Waals surface area contributed by atoms with Crippen molar-refractivity contribution in [2.75, 3.05) is 0 Å². The van der Waals surface area contributed by atoms with Gasteiger partial charge in [-0.05, 0) is 84.4 Å². The first-order chi connectivity index (χ1) is 33.7. The predicted molar refractivity (Wildman–Crippen MR) is 291 cm³/mol. The molecule has 316 valence electrons. The summed E-state index contributed by atoms with van der Waals surface area (Å²) in [5.74, 6) is 1.98. The summed E-state index contributed by atoms with van der Waals surface area (Å²) in [6, 6.07) is 81.1. The number of aromatic nitrogens is 3. The highest BCUT2D eigenvalue weighted by Gasteiger charge is 2.20. The second-order valence-corrected chi connectivity index (χ2v) is 19.5. The Morgan fingerprint density at radius 1 is 0.221 bits per heavy atom. The SMILES string of the molecule is c1ccc(-c2nc(-c3ccccc3)nc(-c3cccc4c3sc3c(-c5ccccc5-c5ccc6sc7c(-c8ccc9c%10ccccc%10c%10ccccc%10c9c8)cccc7c6c5)cccc34)n2)cc1. The fourth-order valence-corrected chi connectivity index (χ4v) is 12.9. The molecule has 0 aliphatic carbocycles. The number of benzene rings is 11. The van der Waals surface area contributed by atoms with Crippen LogP contribution in [-0.2, 0) is 0 Å². The van der Waals surface area contributed by atoms with Gasteiger partial charge in [-0.3, -0.25) is 0 Å². The van der Waals surface area contributed by atoms with Gasteiger partial charge in [0.25, 0.3) is 0 Å². The third-order valence-electron chi connectivity index (χ3n) is 13.5. The standard InChI is InChI=1S/C63H37N3S2/c1-3-16-38(17-4-1)61-64-62(39-18-5-2-6-19-39)66-63(65-61)54-31-15-29-52-51-28-14-27-50(59(51)68-60(52)54)44-21-8-7-20-42(44)40-33-35-57-56(37-40)53-30-13-26-43(58(53)67-57)41-32-34-49-47-24-10-9-22-45(47)46-23-11-12-25-48(46)55(49)36-41/h1-37H. The quantitative estimate of drug-likeness (QED) is 0.156. The van der Waals surface area contributed by atoms with E-state index < -0.39 is 0 Å². The average molecular weight is 900 g/mol. The van der Waals surface area contributed by atoms with Crippen LogP contribution < -0.4 is 0 Å². The number of nitrogens with zero attached hydrogens (tertiary/aromatic N) is 3. The minimum atomic E-state index is 0.657. The van der Waals surface area contributed by atoms with Crippen LogP contribution in [0.1, 0.15) is 0 Å². The lowest BCUT2D eigenvalue weighted by Gasteiger charge is -2.12. The van der Waals surface area contributed by atoms with E-state index in [-0.39, 0.29) is 0 Å². The molecule has 3 heterocycles. The summed E-state index contributed by atoms with van der Waals surface area (Å²) >= 11 is 3.71. The first-order valence-electron chi connectivity index (χ1n) is 22.9. The lowest BCUT2D eigenvalue weighted by molar-refractivity contribution is 1.08. The molecule has 0 fully saturated rings. The molecule has 0 unspecified atom stereocenters. The van der Waals surface area contributed by atoms with Crippen molar-refractivity contribution < 1.29 is 0 Å². The molecule has 0 aliphatic heterocycles. The molecule has 0 amide bonds. The van der Waals surface area contributed by atoms with Crippen LogP contribution in [-0.4, -0.2) is 15.0 Å². The van der Waals surface area contributed by atoms with Gasteiger partial charge in [-0.2, -0.15) is 0 Å². The second kappa shape index (κ2) is 15.6. The van der Waals surface area contributed by atoms with Crippen molar-refractivity contribution in [1.82, 2.24) is 15.0 Å². The van der Waals surface area contributed by atoms with E-state index in [1.165, 1.54) is 101 Å². The predicted octanol–water partition coefficient (Wildman–Crippen LogP) is 18.1. The third kappa shape index (κ3) is 6.21. The molecule has 0 saturated heterocycles. The molecule has 0 radical (unpaired) electrons. The Labute approximate surface area is 399 Å². The highest BCUT2D eigenvalue weighted by Crippen LogP contribution is 2.47. The fourth-order valence-electron chi connectivity index (χ4n) is 10.4. The zero-order chi connectivity index (χ0) is 44.7. The highest BCUT2D eigenvalue weighted by molar-refractivity contribution is 7.27. The highest BCUT2D eigenvalue weighted by atomic mass is 32.1. The smallest absolute Gasteiger partial charge is 0.165 e. The molecular weight excluding hydrogens is 863 g/mol. The van der Waals surface area contributed by atoms with Crippen molar-refractivity contribution in [2.24, 2.45) is 0 Å². The van der Waals surface area contributed by atoms with Crippen molar-refractivity contribution in [3.8, 4) is 67.5 Å². The second-order valence-electron chi connectivity index (χ2n) is 17.4. The molecule has 3 nitrogen and oxygen atoms in total. The molecule has 0 bridgehead atoms. The van der Waals surface area contributed by atoms with Gasteiger partial charge < -0.3 is 0 Å². The van der Waals surface area contributed by atoms with E-state index >= 15 is 0 Å². The molecule has 0 saturated carbocycles. The fraction of sp³-hybridized carbons (Fsp3) is 0. The Morgan fingerprint density at radius 2 is 0.632 bits per heavy atom. The minimum Gasteiger partial charge on any atom is -0.208 e. The molecule has 3 aromatic heterocycles. The third-order valence-corrected chi connectivity index (χ3v) is 16.1. The van der Waals surface area contributed by atoms with Crippen molar-refractivity contribution in [3.63, 3.8) is 0 Å². The van der Waals surface area contributed by atoms with Crippen molar-refractivity contribution in [3.05, 3.63) is 224 Å². The molecule has 5 heteroatoms. The van der Waals surface area contributed by atoms with Crippen molar-refractivity contribution in [2.45, 2.75) is 0 Å². The largest absolute Gasteiger partial charge is 0.208 e. The zero-order valence-electron chi connectivity index (χ0n) is 36.5. The van der Waals surface area contributed by atoms with E-state index in [1.807, 2.05) is 59.1 Å². The first-order valence-corrected chi connectivity index (χ1v) is 24.6. The van der Waals surface area contributed by atoms with Gasteiger partial charge in [0, 0.05) is 62.6 Å². The molecule has 14 rings (SSSR count). The van der Waals surface area contributed by atoms with Crippen LogP contribution in [0, 0.1) is 0 Å². The van der Waals surface area contributed by atoms with Gasteiger partial charge in [-0.25, -0.2) is 15.0 Å². The van der Waals surface area contributed by atoms with Crippen LogP contribution in [0.3, 0.4) is 0 Å². The van der Waals surface area contributed by atoms with Crippen LogP contribution >= 0.6 is 22.7 Å². The summed E-state index contributed by atoms with van der Waals surface area (Å²) in [5.41, 5.74) is 10.3. The van der Waals surface area contributed by atoms with Crippen LogP contribution in [0.5, 0.6) is 0 Å². The lowest BCUT2D eigenvalue weighted by Crippen LogP contribution is -2.00. The van der Waals surface area contributed by atoms with E-state index in [2.05, 4.69) is 188 Å². The topological polar surface area (TPSA) is 38.7 Å². The van der Waals surface area contributed by atoms with Gasteiger partial charge in [-0.1, -0.05) is 200 Å². The molecule has 0 spiro atoms. The molecule has 0 atom stereocenters. The van der Waals surface area contributed by atoms with E-state index in [0.717, 1.165) is 21.4 Å². The van der Waals surface area contributed by atoms with Gasteiger partial charge in [-0.15, -0.1) is 22.7 Å². The summed E-state index contributed by atoms with van der Waals surface area (Å²) in [6.07, 6.45) is 0. The summed E-state index contributed by atoms with van der Waals surface area (Å²) in [7, 11) is 0. The van der Waals surface area contributed by atoms with Crippen LogP contribution in [0.25, 0.3) is 140 Å². The maximum absolute atomic E-state index is 5.14. The lowest BCUT2D eigenvalue weighted by atomic mass is 9.91.